The highest BCUT2D eigenvalue weighted by atomic mass is 16.4. The lowest BCUT2D eigenvalue weighted by atomic mass is 10.2. The number of benzene rings is 1. The monoisotopic (exact) mass is 233 g/mol. The fourth-order valence-electron chi connectivity index (χ4n) is 1.62. The predicted molar refractivity (Wildman–Crippen MR) is 69.2 cm³/mol. The second-order valence-electron chi connectivity index (χ2n) is 3.73. The fourth-order valence-corrected chi connectivity index (χ4v) is 1.62. The maximum atomic E-state index is 11.0. The first-order valence-electron chi connectivity index (χ1n) is 5.48. The van der Waals surface area contributed by atoms with Crippen molar-refractivity contribution in [1.82, 2.24) is 4.98 Å². The molecule has 90 valence electrons. The molecule has 1 aromatic heterocycles. The molecule has 5 heteroatoms. The molecule has 0 radical (unpaired) electrons. The van der Waals surface area contributed by atoms with E-state index < -0.39 is 5.76 Å². The Morgan fingerprint density at radius 2 is 2.35 bits per heavy atom. The van der Waals surface area contributed by atoms with Crippen LogP contribution >= 0.6 is 0 Å². The van der Waals surface area contributed by atoms with Gasteiger partial charge >= 0.3 is 5.76 Å². The van der Waals surface area contributed by atoms with Crippen molar-refractivity contribution in [3.63, 3.8) is 0 Å². The minimum Gasteiger partial charge on any atom is -0.408 e. The SMILES string of the molecule is C/C=C/CCNc1cc2[nH]c(=O)oc2cc1N. The Labute approximate surface area is 98.3 Å². The molecule has 0 fully saturated rings. The van der Waals surface area contributed by atoms with Gasteiger partial charge in [-0.05, 0) is 19.4 Å². The molecule has 17 heavy (non-hydrogen) atoms. The number of fused-ring (bicyclic) bond motifs is 1. The molecule has 4 N–H and O–H groups in total. The summed E-state index contributed by atoms with van der Waals surface area (Å²) < 4.78 is 4.92. The van der Waals surface area contributed by atoms with Crippen LogP contribution in [0.4, 0.5) is 11.4 Å². The topological polar surface area (TPSA) is 84.0 Å². The van der Waals surface area contributed by atoms with Crippen LogP contribution in [0.5, 0.6) is 0 Å². The lowest BCUT2D eigenvalue weighted by Gasteiger charge is -2.07. The first-order valence-corrected chi connectivity index (χ1v) is 5.48. The number of anilines is 2. The van der Waals surface area contributed by atoms with Gasteiger partial charge in [-0.3, -0.25) is 4.98 Å². The molecule has 2 aromatic rings. The van der Waals surface area contributed by atoms with E-state index in [1.54, 1.807) is 12.1 Å². The van der Waals surface area contributed by atoms with E-state index in [1.165, 1.54) is 0 Å². The van der Waals surface area contributed by atoms with Crippen molar-refractivity contribution in [3.05, 3.63) is 34.8 Å². The number of hydrogen-bond donors (Lipinski definition) is 3. The molecule has 0 aliphatic carbocycles. The van der Waals surface area contributed by atoms with Gasteiger partial charge in [0.05, 0.1) is 16.9 Å². The van der Waals surface area contributed by atoms with Crippen molar-refractivity contribution in [1.29, 1.82) is 0 Å². The number of aromatic nitrogens is 1. The molecule has 1 aromatic carbocycles. The fraction of sp³-hybridized carbons (Fsp3) is 0.250. The molecular formula is C12H15N3O2. The Bertz CT molecular complexity index is 595. The number of nitrogens with one attached hydrogen (secondary N) is 2. The van der Waals surface area contributed by atoms with Crippen molar-refractivity contribution in [3.8, 4) is 0 Å². The number of oxazole rings is 1. The molecule has 0 bridgehead atoms. The summed E-state index contributed by atoms with van der Waals surface area (Å²) in [5.41, 5.74) is 8.36. The van der Waals surface area contributed by atoms with Gasteiger partial charge < -0.3 is 15.5 Å². The van der Waals surface area contributed by atoms with Crippen molar-refractivity contribution < 1.29 is 4.42 Å². The maximum Gasteiger partial charge on any atom is 0.417 e. The summed E-state index contributed by atoms with van der Waals surface area (Å²) in [6, 6.07) is 3.43. The van der Waals surface area contributed by atoms with Gasteiger partial charge in [0.1, 0.15) is 0 Å². The Kier molecular flexibility index (Phi) is 3.18. The van der Waals surface area contributed by atoms with Crippen LogP contribution in [0.25, 0.3) is 11.1 Å². The van der Waals surface area contributed by atoms with Crippen LogP contribution in [-0.4, -0.2) is 11.5 Å². The second-order valence-corrected chi connectivity index (χ2v) is 3.73. The number of allylic oxidation sites excluding steroid dienone is 1. The summed E-state index contributed by atoms with van der Waals surface area (Å²) in [6.07, 6.45) is 5.00. The molecule has 0 amide bonds. The van der Waals surface area contributed by atoms with E-state index in [9.17, 15) is 4.79 Å². The predicted octanol–water partition coefficient (Wildman–Crippen LogP) is 2.08. The lowest BCUT2D eigenvalue weighted by Crippen LogP contribution is -2.03. The van der Waals surface area contributed by atoms with E-state index in [0.717, 1.165) is 18.7 Å². The molecular weight excluding hydrogens is 218 g/mol. The van der Waals surface area contributed by atoms with Crippen LogP contribution in [0.2, 0.25) is 0 Å². The molecule has 0 saturated carbocycles. The third-order valence-corrected chi connectivity index (χ3v) is 2.45. The molecule has 0 saturated heterocycles. The number of aromatic amines is 1. The van der Waals surface area contributed by atoms with Crippen LogP contribution < -0.4 is 16.8 Å². The van der Waals surface area contributed by atoms with Gasteiger partial charge in [-0.2, -0.15) is 0 Å². The molecule has 5 nitrogen and oxygen atoms in total. The third kappa shape index (κ3) is 2.50. The van der Waals surface area contributed by atoms with Crippen molar-refractivity contribution >= 4 is 22.5 Å². The molecule has 0 aliphatic rings. The summed E-state index contributed by atoms with van der Waals surface area (Å²) in [5.74, 6) is -0.467. The van der Waals surface area contributed by atoms with Crippen LogP contribution in [0.1, 0.15) is 13.3 Å². The summed E-state index contributed by atoms with van der Waals surface area (Å²) in [5, 5.41) is 3.21. The van der Waals surface area contributed by atoms with Crippen LogP contribution in [-0.2, 0) is 0 Å². The normalized spacial score (nSPS) is 11.4. The molecule has 2 rings (SSSR count). The largest absolute Gasteiger partial charge is 0.417 e. The van der Waals surface area contributed by atoms with Gasteiger partial charge in [0.15, 0.2) is 5.58 Å². The zero-order valence-corrected chi connectivity index (χ0v) is 9.62. The van der Waals surface area contributed by atoms with E-state index in [-0.39, 0.29) is 0 Å². The van der Waals surface area contributed by atoms with Gasteiger partial charge in [0, 0.05) is 12.6 Å². The van der Waals surface area contributed by atoms with Gasteiger partial charge in [-0.1, -0.05) is 12.2 Å². The number of hydrogen-bond acceptors (Lipinski definition) is 4. The van der Waals surface area contributed by atoms with Gasteiger partial charge in [0.2, 0.25) is 0 Å². The molecule has 0 unspecified atom stereocenters. The first kappa shape index (κ1) is 11.3. The highest BCUT2D eigenvalue weighted by molar-refractivity contribution is 5.85. The quantitative estimate of drug-likeness (QED) is 0.429. The van der Waals surface area contributed by atoms with E-state index >= 15 is 0 Å². The maximum absolute atomic E-state index is 11.0. The molecule has 0 aliphatic heterocycles. The van der Waals surface area contributed by atoms with Gasteiger partial charge in [0.25, 0.3) is 0 Å². The van der Waals surface area contributed by atoms with Crippen molar-refractivity contribution in [2.75, 3.05) is 17.6 Å². The van der Waals surface area contributed by atoms with E-state index in [1.807, 2.05) is 13.0 Å². The summed E-state index contributed by atoms with van der Waals surface area (Å²) in [6.45, 7) is 2.78. The Morgan fingerprint density at radius 1 is 1.53 bits per heavy atom. The highest BCUT2D eigenvalue weighted by Crippen LogP contribution is 2.24. The number of H-pyrrole nitrogens is 1. The molecule has 0 spiro atoms. The minimum atomic E-state index is -0.467. The summed E-state index contributed by atoms with van der Waals surface area (Å²) >= 11 is 0. The Balaban J connectivity index is 2.21. The smallest absolute Gasteiger partial charge is 0.408 e. The van der Waals surface area contributed by atoms with Crippen LogP contribution in [0.3, 0.4) is 0 Å². The zero-order chi connectivity index (χ0) is 12.3. The molecule has 1 heterocycles. The lowest BCUT2D eigenvalue weighted by molar-refractivity contribution is 0.555. The van der Waals surface area contributed by atoms with E-state index in [4.69, 9.17) is 10.2 Å². The third-order valence-electron chi connectivity index (χ3n) is 2.45. The number of rotatable bonds is 4. The average Bonchev–Trinajstić information content (AvgIpc) is 2.63. The minimum absolute atomic E-state index is 0.467. The summed E-state index contributed by atoms with van der Waals surface area (Å²) in [7, 11) is 0. The van der Waals surface area contributed by atoms with Crippen molar-refractivity contribution in [2.45, 2.75) is 13.3 Å². The Morgan fingerprint density at radius 3 is 3.12 bits per heavy atom. The van der Waals surface area contributed by atoms with Crippen LogP contribution in [0, 0.1) is 0 Å². The highest BCUT2D eigenvalue weighted by Gasteiger charge is 2.05. The van der Waals surface area contributed by atoms with Crippen LogP contribution in [0.15, 0.2) is 33.5 Å². The number of nitrogens with two attached hydrogens (primary N) is 1. The van der Waals surface area contributed by atoms with Gasteiger partial charge in [-0.25, -0.2) is 4.79 Å². The standard InChI is InChI=1S/C12H15N3O2/c1-2-3-4-5-14-9-7-10-11(6-8(9)13)17-12(16)15-10/h2-3,6-7,14H,4-5,13H2,1H3,(H,15,16)/b3-2+. The molecule has 0 atom stereocenters. The Hall–Kier alpha value is -2.17. The van der Waals surface area contributed by atoms with Gasteiger partial charge in [-0.15, -0.1) is 0 Å². The zero-order valence-electron chi connectivity index (χ0n) is 9.62. The average molecular weight is 233 g/mol. The van der Waals surface area contributed by atoms with E-state index in [2.05, 4.69) is 16.4 Å². The number of nitrogen functional groups attached to an aromatic ring is 1. The van der Waals surface area contributed by atoms with Crippen molar-refractivity contribution in [2.24, 2.45) is 0 Å². The first-order chi connectivity index (χ1) is 8.20. The second kappa shape index (κ2) is 4.78. The van der Waals surface area contributed by atoms with E-state index in [0.29, 0.717) is 16.8 Å². The summed E-state index contributed by atoms with van der Waals surface area (Å²) in [4.78, 5) is 13.6.